The Labute approximate surface area is 224 Å². The molecule has 182 valence electrons. The van der Waals surface area contributed by atoms with Crippen LogP contribution >= 0.6 is 0 Å². The van der Waals surface area contributed by atoms with Crippen molar-refractivity contribution < 1.29 is 0 Å². The zero-order valence-electron chi connectivity index (χ0n) is 21.9. The van der Waals surface area contributed by atoms with Gasteiger partial charge in [-0.1, -0.05) is 146 Å². The molecule has 6 rings (SSSR count). The van der Waals surface area contributed by atoms with Gasteiger partial charge in [0.2, 0.25) is 0 Å². The standard InChI is InChI=1S/C36H34Si/c1-3-25-21-33-29(27-13-7-5-8-14-27)17-11-19-31(33)35(25)23-37-24-36-26(4-2)22-34-30(18-12-20-32(34)36)28-15-9-6-10-16-28/h5-22,35-36H,3-4,23-24H2,1-2H3. The maximum absolute atomic E-state index is 2.50. The first-order valence-corrected chi connectivity index (χ1v) is 15.2. The van der Waals surface area contributed by atoms with Crippen LogP contribution in [0.25, 0.3) is 34.4 Å². The highest BCUT2D eigenvalue weighted by Crippen LogP contribution is 2.47. The van der Waals surface area contributed by atoms with Crippen LogP contribution in [0.5, 0.6) is 0 Å². The van der Waals surface area contributed by atoms with Crippen molar-refractivity contribution in [3.05, 3.63) is 130 Å². The monoisotopic (exact) mass is 494 g/mol. The molecule has 0 aromatic heterocycles. The summed E-state index contributed by atoms with van der Waals surface area (Å²) in [6, 6.07) is 38.1. The van der Waals surface area contributed by atoms with Crippen molar-refractivity contribution in [1.82, 2.24) is 0 Å². The molecule has 4 aromatic carbocycles. The Morgan fingerprint density at radius 2 is 0.946 bits per heavy atom. The molecule has 0 amide bonds. The van der Waals surface area contributed by atoms with E-state index in [2.05, 4.69) is 123 Å². The number of fused-ring (bicyclic) bond motifs is 2. The van der Waals surface area contributed by atoms with Gasteiger partial charge in [-0.25, -0.2) is 0 Å². The van der Waals surface area contributed by atoms with Gasteiger partial charge in [0.1, 0.15) is 0 Å². The van der Waals surface area contributed by atoms with E-state index in [1.54, 1.807) is 11.1 Å². The third-order valence-corrected chi connectivity index (χ3v) is 9.66. The maximum atomic E-state index is 2.50. The summed E-state index contributed by atoms with van der Waals surface area (Å²) < 4.78 is 0. The van der Waals surface area contributed by atoms with Gasteiger partial charge in [-0.3, -0.25) is 0 Å². The molecular weight excluding hydrogens is 460 g/mol. The lowest BCUT2D eigenvalue weighted by Crippen LogP contribution is -2.08. The second kappa shape index (κ2) is 10.5. The minimum Gasteiger partial charge on any atom is -0.0626 e. The zero-order valence-corrected chi connectivity index (χ0v) is 22.9. The molecule has 0 nitrogen and oxygen atoms in total. The van der Waals surface area contributed by atoms with Crippen LogP contribution in [0.4, 0.5) is 0 Å². The van der Waals surface area contributed by atoms with Gasteiger partial charge in [0.15, 0.2) is 0 Å². The molecule has 0 aliphatic heterocycles. The zero-order chi connectivity index (χ0) is 25.2. The SMILES string of the molecule is CCC1=Cc2c(-c3ccccc3)cccc2C1C[Si]CC1C(CC)=Cc2c(-c3ccccc3)cccc21. The van der Waals surface area contributed by atoms with Gasteiger partial charge in [-0.05, 0) is 57.3 Å². The summed E-state index contributed by atoms with van der Waals surface area (Å²) in [6.07, 6.45) is 7.26. The third kappa shape index (κ3) is 4.47. The summed E-state index contributed by atoms with van der Waals surface area (Å²) >= 11 is 0. The van der Waals surface area contributed by atoms with Crippen molar-refractivity contribution >= 4 is 21.7 Å². The Bertz CT molecular complexity index is 1350. The van der Waals surface area contributed by atoms with E-state index in [1.165, 1.54) is 56.6 Å². The Morgan fingerprint density at radius 3 is 1.35 bits per heavy atom. The average molecular weight is 495 g/mol. The minimum absolute atomic E-state index is 0.563. The average Bonchev–Trinajstić information content (AvgIpc) is 3.51. The Morgan fingerprint density at radius 1 is 0.514 bits per heavy atom. The lowest BCUT2D eigenvalue weighted by molar-refractivity contribution is 0.830. The Kier molecular flexibility index (Phi) is 6.81. The molecule has 0 spiro atoms. The van der Waals surface area contributed by atoms with Crippen molar-refractivity contribution in [2.24, 2.45) is 0 Å². The molecule has 2 atom stereocenters. The van der Waals surface area contributed by atoms with Gasteiger partial charge in [0, 0.05) is 21.4 Å². The van der Waals surface area contributed by atoms with Gasteiger partial charge in [0.05, 0.1) is 0 Å². The van der Waals surface area contributed by atoms with Gasteiger partial charge in [-0.15, -0.1) is 0 Å². The number of allylic oxidation sites excluding steroid dienone is 2. The molecule has 0 N–H and O–H groups in total. The van der Waals surface area contributed by atoms with Gasteiger partial charge < -0.3 is 0 Å². The molecule has 0 saturated carbocycles. The van der Waals surface area contributed by atoms with E-state index in [0.717, 1.165) is 22.4 Å². The molecule has 37 heavy (non-hydrogen) atoms. The highest BCUT2D eigenvalue weighted by molar-refractivity contribution is 6.36. The smallest absolute Gasteiger partial charge is 0.0397 e. The highest BCUT2D eigenvalue weighted by Gasteiger charge is 2.29. The molecule has 2 aliphatic carbocycles. The Balaban J connectivity index is 1.24. The minimum atomic E-state index is 0.563. The molecule has 1 heteroatoms. The highest BCUT2D eigenvalue weighted by atomic mass is 28.2. The maximum Gasteiger partial charge on any atom is 0.0397 e. The quantitative estimate of drug-likeness (QED) is 0.214. The van der Waals surface area contributed by atoms with Crippen LogP contribution in [-0.4, -0.2) is 9.52 Å². The van der Waals surface area contributed by atoms with Crippen LogP contribution in [-0.2, 0) is 0 Å². The van der Waals surface area contributed by atoms with Crippen LogP contribution in [0.2, 0.25) is 12.1 Å². The summed E-state index contributed by atoms with van der Waals surface area (Å²) in [4.78, 5) is 0. The number of benzene rings is 4. The molecule has 2 aliphatic rings. The first-order chi connectivity index (χ1) is 18.3. The summed E-state index contributed by atoms with van der Waals surface area (Å²) in [5, 5.41) is 0. The van der Waals surface area contributed by atoms with Crippen LogP contribution < -0.4 is 0 Å². The van der Waals surface area contributed by atoms with E-state index in [9.17, 15) is 0 Å². The first-order valence-electron chi connectivity index (χ1n) is 13.8. The van der Waals surface area contributed by atoms with Gasteiger partial charge in [0.25, 0.3) is 0 Å². The van der Waals surface area contributed by atoms with E-state index < -0.39 is 0 Å². The van der Waals surface area contributed by atoms with Crippen LogP contribution in [0.1, 0.15) is 60.8 Å². The Hall–Kier alpha value is -3.42. The van der Waals surface area contributed by atoms with Crippen molar-refractivity contribution in [3.63, 3.8) is 0 Å². The van der Waals surface area contributed by atoms with E-state index >= 15 is 0 Å². The number of hydrogen-bond acceptors (Lipinski definition) is 0. The molecular formula is C36H34Si. The van der Waals surface area contributed by atoms with Gasteiger partial charge in [-0.2, -0.15) is 0 Å². The second-order valence-corrected chi connectivity index (χ2v) is 11.6. The first kappa shape index (κ1) is 23.9. The molecule has 2 unspecified atom stereocenters. The van der Waals surface area contributed by atoms with Crippen LogP contribution in [0.15, 0.2) is 108 Å². The number of rotatable bonds is 8. The fourth-order valence-corrected chi connectivity index (χ4v) is 8.07. The van der Waals surface area contributed by atoms with E-state index in [1.807, 2.05) is 0 Å². The molecule has 4 aromatic rings. The summed E-state index contributed by atoms with van der Waals surface area (Å²) in [5.41, 5.74) is 14.6. The molecule has 2 radical (unpaired) electrons. The topological polar surface area (TPSA) is 0 Å². The fourth-order valence-electron chi connectivity index (χ4n) is 6.36. The lowest BCUT2D eigenvalue weighted by Gasteiger charge is -2.20. The van der Waals surface area contributed by atoms with E-state index in [-0.39, 0.29) is 0 Å². The predicted molar refractivity (Wildman–Crippen MR) is 161 cm³/mol. The molecule has 0 bridgehead atoms. The molecule has 0 heterocycles. The largest absolute Gasteiger partial charge is 0.0626 e. The summed E-state index contributed by atoms with van der Waals surface area (Å²) in [7, 11) is 0.947. The summed E-state index contributed by atoms with van der Waals surface area (Å²) in [5.74, 6) is 1.13. The molecule has 0 fully saturated rings. The second-order valence-electron chi connectivity index (χ2n) is 10.3. The fraction of sp³-hybridized carbons (Fsp3) is 0.222. The van der Waals surface area contributed by atoms with Crippen LogP contribution in [0, 0.1) is 0 Å². The predicted octanol–water partition coefficient (Wildman–Crippen LogP) is 10.0. The molecule has 0 saturated heterocycles. The lowest BCUT2D eigenvalue weighted by atomic mass is 9.92. The normalized spacial score (nSPS) is 17.8. The third-order valence-electron chi connectivity index (χ3n) is 8.27. The van der Waals surface area contributed by atoms with Crippen molar-refractivity contribution in [1.29, 1.82) is 0 Å². The van der Waals surface area contributed by atoms with Crippen molar-refractivity contribution in [2.75, 3.05) is 0 Å². The van der Waals surface area contributed by atoms with E-state index in [0.29, 0.717) is 11.8 Å². The van der Waals surface area contributed by atoms with E-state index in [4.69, 9.17) is 0 Å². The van der Waals surface area contributed by atoms with Crippen molar-refractivity contribution in [2.45, 2.75) is 50.6 Å². The summed E-state index contributed by atoms with van der Waals surface area (Å²) in [6.45, 7) is 4.65. The van der Waals surface area contributed by atoms with Gasteiger partial charge >= 0.3 is 0 Å². The van der Waals surface area contributed by atoms with Crippen molar-refractivity contribution in [3.8, 4) is 22.3 Å². The van der Waals surface area contributed by atoms with Crippen LogP contribution in [0.3, 0.4) is 0 Å². The number of hydrogen-bond donors (Lipinski definition) is 0.